The highest BCUT2D eigenvalue weighted by molar-refractivity contribution is 9.10. The van der Waals surface area contributed by atoms with Crippen molar-refractivity contribution in [1.29, 1.82) is 5.26 Å². The summed E-state index contributed by atoms with van der Waals surface area (Å²) in [6.45, 7) is 5.29. The molecular formula is C16H14BrN3O2. The van der Waals surface area contributed by atoms with E-state index in [1.54, 1.807) is 39.0 Å². The van der Waals surface area contributed by atoms with E-state index in [0.29, 0.717) is 21.4 Å². The lowest BCUT2D eigenvalue weighted by Crippen LogP contribution is -2.19. The fourth-order valence-electron chi connectivity index (χ4n) is 2.09. The van der Waals surface area contributed by atoms with Crippen LogP contribution in [0.3, 0.4) is 0 Å². The quantitative estimate of drug-likeness (QED) is 0.674. The predicted molar refractivity (Wildman–Crippen MR) is 87.3 cm³/mol. The molecule has 0 saturated heterocycles. The maximum absolute atomic E-state index is 12.5. The van der Waals surface area contributed by atoms with Gasteiger partial charge in [-0.1, -0.05) is 5.57 Å². The van der Waals surface area contributed by atoms with Crippen molar-refractivity contribution in [3.05, 3.63) is 61.5 Å². The smallest absolute Gasteiger partial charge is 0.282 e. The number of halogens is 1. The number of nitrogens with zero attached hydrogens (tertiary/aromatic N) is 2. The summed E-state index contributed by atoms with van der Waals surface area (Å²) in [5.41, 5.74) is 2.08. The zero-order chi connectivity index (χ0) is 16.4. The van der Waals surface area contributed by atoms with Crippen LogP contribution in [0.4, 0.5) is 0 Å². The molecule has 0 radical (unpaired) electrons. The molecule has 0 saturated carbocycles. The van der Waals surface area contributed by atoms with Gasteiger partial charge < -0.3 is 0 Å². The molecule has 0 fully saturated rings. The minimum absolute atomic E-state index is 0.127. The van der Waals surface area contributed by atoms with Crippen molar-refractivity contribution >= 4 is 21.7 Å². The van der Waals surface area contributed by atoms with E-state index in [1.807, 2.05) is 6.07 Å². The van der Waals surface area contributed by atoms with Gasteiger partial charge in [-0.25, -0.2) is 4.68 Å². The predicted octanol–water partition coefficient (Wildman–Crippen LogP) is 3.26. The van der Waals surface area contributed by atoms with Crippen molar-refractivity contribution < 1.29 is 4.79 Å². The Kier molecular flexibility index (Phi) is 4.48. The first-order valence-electron chi connectivity index (χ1n) is 6.56. The summed E-state index contributed by atoms with van der Waals surface area (Å²) in [6.07, 6.45) is 1.44. The summed E-state index contributed by atoms with van der Waals surface area (Å²) < 4.78 is 1.89. The van der Waals surface area contributed by atoms with E-state index in [4.69, 9.17) is 5.26 Å². The SMILES string of the molecule is CC(C)=CC(=O)c1c(C)[nH]n(-c2ccc(C#N)c(Br)c2)c1=O. The van der Waals surface area contributed by atoms with Crippen LogP contribution < -0.4 is 5.56 Å². The zero-order valence-electron chi connectivity index (χ0n) is 12.4. The maximum Gasteiger partial charge on any atom is 0.282 e. The minimum Gasteiger partial charge on any atom is -0.295 e. The van der Waals surface area contributed by atoms with Crippen molar-refractivity contribution in [2.24, 2.45) is 0 Å². The highest BCUT2D eigenvalue weighted by Gasteiger charge is 2.18. The number of benzene rings is 1. The normalized spacial score (nSPS) is 10.1. The Morgan fingerprint density at radius 1 is 1.41 bits per heavy atom. The van der Waals surface area contributed by atoms with E-state index in [-0.39, 0.29) is 11.3 Å². The summed E-state index contributed by atoms with van der Waals surface area (Å²) in [4.78, 5) is 24.6. The van der Waals surface area contributed by atoms with Gasteiger partial charge in [-0.2, -0.15) is 5.26 Å². The molecule has 2 aromatic rings. The molecule has 0 bridgehead atoms. The molecule has 0 amide bonds. The molecule has 0 atom stereocenters. The molecule has 1 aromatic carbocycles. The number of carbonyl (C=O) groups excluding carboxylic acids is 1. The molecule has 22 heavy (non-hydrogen) atoms. The molecule has 1 heterocycles. The second-order valence-electron chi connectivity index (χ2n) is 5.11. The third-order valence-corrected chi connectivity index (χ3v) is 3.73. The molecule has 2 rings (SSSR count). The number of ketones is 1. The molecule has 112 valence electrons. The zero-order valence-corrected chi connectivity index (χ0v) is 14.0. The van der Waals surface area contributed by atoms with Gasteiger partial charge in [-0.3, -0.25) is 14.7 Å². The van der Waals surface area contributed by atoms with Crippen molar-refractivity contribution in [3.63, 3.8) is 0 Å². The Bertz CT molecular complexity index is 878. The summed E-state index contributed by atoms with van der Waals surface area (Å²) >= 11 is 3.29. The largest absolute Gasteiger partial charge is 0.295 e. The van der Waals surface area contributed by atoms with Crippen LogP contribution in [-0.4, -0.2) is 15.6 Å². The number of hydrogen-bond donors (Lipinski definition) is 1. The summed E-state index contributed by atoms with van der Waals surface area (Å²) in [5.74, 6) is -0.315. The Hall–Kier alpha value is -2.39. The van der Waals surface area contributed by atoms with Crippen molar-refractivity contribution in [3.8, 4) is 11.8 Å². The van der Waals surface area contributed by atoms with E-state index in [9.17, 15) is 9.59 Å². The van der Waals surface area contributed by atoms with Crippen molar-refractivity contribution in [1.82, 2.24) is 9.78 Å². The van der Waals surface area contributed by atoms with E-state index < -0.39 is 5.56 Å². The van der Waals surface area contributed by atoms with Gasteiger partial charge in [-0.15, -0.1) is 0 Å². The minimum atomic E-state index is -0.406. The van der Waals surface area contributed by atoms with Gasteiger partial charge in [0.1, 0.15) is 11.6 Å². The van der Waals surface area contributed by atoms with Gasteiger partial charge in [0.25, 0.3) is 5.56 Å². The highest BCUT2D eigenvalue weighted by Crippen LogP contribution is 2.19. The molecule has 0 spiro atoms. The first kappa shape index (κ1) is 16.0. The number of nitriles is 1. The summed E-state index contributed by atoms with van der Waals surface area (Å²) in [6, 6.07) is 6.96. The Balaban J connectivity index is 2.58. The third-order valence-electron chi connectivity index (χ3n) is 3.07. The Morgan fingerprint density at radius 3 is 2.64 bits per heavy atom. The van der Waals surface area contributed by atoms with Gasteiger partial charge in [0, 0.05) is 10.2 Å². The van der Waals surface area contributed by atoms with E-state index >= 15 is 0 Å². The molecule has 0 aliphatic rings. The number of nitrogens with one attached hydrogen (secondary N) is 1. The lowest BCUT2D eigenvalue weighted by atomic mass is 10.1. The molecule has 5 nitrogen and oxygen atoms in total. The Labute approximate surface area is 136 Å². The van der Waals surface area contributed by atoms with Crippen LogP contribution in [0.1, 0.15) is 35.5 Å². The molecule has 1 N–H and O–H groups in total. The van der Waals surface area contributed by atoms with Crippen molar-refractivity contribution in [2.75, 3.05) is 0 Å². The summed E-state index contributed by atoms with van der Waals surface area (Å²) in [7, 11) is 0. The third kappa shape index (κ3) is 2.95. The molecular weight excluding hydrogens is 346 g/mol. The summed E-state index contributed by atoms with van der Waals surface area (Å²) in [5, 5.41) is 11.8. The fourth-order valence-corrected chi connectivity index (χ4v) is 2.54. The van der Waals surface area contributed by atoms with E-state index in [0.717, 1.165) is 5.57 Å². The molecule has 1 aromatic heterocycles. The van der Waals surface area contributed by atoms with Crippen LogP contribution in [0.2, 0.25) is 0 Å². The highest BCUT2D eigenvalue weighted by atomic mass is 79.9. The fraction of sp³-hybridized carbons (Fsp3) is 0.188. The van der Waals surface area contributed by atoms with Crippen LogP contribution >= 0.6 is 15.9 Å². The average Bonchev–Trinajstić information content (AvgIpc) is 2.73. The molecule has 6 heteroatoms. The number of hydrogen-bond acceptors (Lipinski definition) is 3. The molecule has 0 aliphatic heterocycles. The van der Waals surface area contributed by atoms with E-state index in [1.165, 1.54) is 10.8 Å². The lowest BCUT2D eigenvalue weighted by molar-refractivity contribution is 0.104. The Morgan fingerprint density at radius 2 is 2.09 bits per heavy atom. The van der Waals surface area contributed by atoms with Gasteiger partial charge in [0.05, 0.1) is 11.3 Å². The van der Waals surface area contributed by atoms with Crippen LogP contribution in [0.15, 0.2) is 39.1 Å². The number of aromatic nitrogens is 2. The number of carbonyl (C=O) groups is 1. The number of H-pyrrole nitrogens is 1. The molecule has 0 unspecified atom stereocenters. The van der Waals surface area contributed by atoms with E-state index in [2.05, 4.69) is 21.0 Å². The number of allylic oxidation sites excluding steroid dienone is 2. The maximum atomic E-state index is 12.5. The topological polar surface area (TPSA) is 78.7 Å². The lowest BCUT2D eigenvalue weighted by Gasteiger charge is -2.03. The van der Waals surface area contributed by atoms with Gasteiger partial charge in [-0.05, 0) is 61.0 Å². The average molecular weight is 360 g/mol. The monoisotopic (exact) mass is 359 g/mol. The van der Waals surface area contributed by atoms with Gasteiger partial charge >= 0.3 is 0 Å². The molecule has 0 aliphatic carbocycles. The number of rotatable bonds is 3. The first-order valence-corrected chi connectivity index (χ1v) is 7.35. The second kappa shape index (κ2) is 6.16. The van der Waals surface area contributed by atoms with Gasteiger partial charge in [0.2, 0.25) is 0 Å². The first-order chi connectivity index (χ1) is 10.3. The van der Waals surface area contributed by atoms with Crippen LogP contribution in [0.5, 0.6) is 0 Å². The number of aryl methyl sites for hydroxylation is 1. The van der Waals surface area contributed by atoms with Gasteiger partial charge in [0.15, 0.2) is 5.78 Å². The van der Waals surface area contributed by atoms with Crippen LogP contribution in [0, 0.1) is 18.3 Å². The van der Waals surface area contributed by atoms with Crippen molar-refractivity contribution in [2.45, 2.75) is 20.8 Å². The van der Waals surface area contributed by atoms with Crippen LogP contribution in [-0.2, 0) is 0 Å². The number of aromatic amines is 1. The van der Waals surface area contributed by atoms with Crippen LogP contribution in [0.25, 0.3) is 5.69 Å². The standard InChI is InChI=1S/C16H14BrN3O2/c1-9(2)6-14(21)15-10(3)19-20(16(15)22)12-5-4-11(8-18)13(17)7-12/h4-7,19H,1-3H3. The second-order valence-corrected chi connectivity index (χ2v) is 5.97.